The number of anilines is 5. The Morgan fingerprint density at radius 1 is 0.329 bits per heavy atom. The van der Waals surface area contributed by atoms with Crippen molar-refractivity contribution in [1.82, 2.24) is 97.6 Å². The maximum Gasteiger partial charge on any atom is 0.224 e. The summed E-state index contributed by atoms with van der Waals surface area (Å²) in [6.07, 6.45) is 21.2. The van der Waals surface area contributed by atoms with Gasteiger partial charge < -0.3 is 65.7 Å². The lowest BCUT2D eigenvalue weighted by atomic mass is 10.1. The van der Waals surface area contributed by atoms with E-state index < -0.39 is 59.9 Å². The molecule has 0 saturated carbocycles. The number of nitrogens with zero attached hydrogens (tertiary/aromatic N) is 20. The summed E-state index contributed by atoms with van der Waals surface area (Å²) in [4.78, 5) is 71.2. The number of fused-ring (bicyclic) bond motifs is 5. The van der Waals surface area contributed by atoms with Crippen LogP contribution in [0.5, 0.6) is 0 Å². The van der Waals surface area contributed by atoms with Crippen LogP contribution >= 0.6 is 113 Å². The number of thiophene rings is 5. The van der Waals surface area contributed by atoms with Gasteiger partial charge in [0.05, 0.1) is 179 Å². The molecule has 0 fully saturated rings. The molecule has 0 amide bonds. The van der Waals surface area contributed by atoms with Crippen molar-refractivity contribution in [3.05, 3.63) is 148 Å². The summed E-state index contributed by atoms with van der Waals surface area (Å²) < 4.78 is 106. The van der Waals surface area contributed by atoms with Gasteiger partial charge in [-0.25, -0.2) is 74.8 Å². The molecule has 143 heavy (non-hydrogen) atoms. The van der Waals surface area contributed by atoms with Gasteiger partial charge in [-0.05, 0) is 84.7 Å². The van der Waals surface area contributed by atoms with Gasteiger partial charge in [0, 0.05) is 174 Å². The predicted molar refractivity (Wildman–Crippen MR) is 591 cm³/mol. The number of nitrogens with two attached hydrogens (primary N) is 5. The number of ether oxygens (including phenoxy) is 3. The van der Waals surface area contributed by atoms with Gasteiger partial charge in [0.15, 0.2) is 0 Å². The molecule has 49 heteroatoms. The van der Waals surface area contributed by atoms with E-state index in [1.165, 1.54) is 96.1 Å². The second kappa shape index (κ2) is 46.8. The molecule has 33 nitrogen and oxygen atoms in total. The minimum atomic E-state index is -1.31. The zero-order valence-corrected chi connectivity index (χ0v) is 92.7. The molecule has 20 heterocycles. The fraction of sp³-hybridized carbons (Fsp3) is 0.309. The highest BCUT2D eigenvalue weighted by atomic mass is 32.2. The molecule has 5 unspecified atom stereocenters. The molecule has 0 radical (unpaired) electrons. The van der Waals surface area contributed by atoms with Gasteiger partial charge in [0.2, 0.25) is 5.95 Å². The smallest absolute Gasteiger partial charge is 0.224 e. The molecule has 0 spiro atoms. The number of hydrogen-bond donors (Lipinski definition) is 5. The fourth-order valence-corrected chi connectivity index (χ4v) is 31.4. The Morgan fingerprint density at radius 2 is 0.580 bits per heavy atom. The van der Waals surface area contributed by atoms with E-state index in [2.05, 4.69) is 68.7 Å². The first-order valence-electron chi connectivity index (χ1n) is 44.7. The average Bonchev–Trinajstić information content (AvgIpc) is 1.62. The summed E-state index contributed by atoms with van der Waals surface area (Å²) in [6, 6.07) is 9.85. The Balaban J connectivity index is 0.000000128. The number of halogens is 1. The minimum absolute atomic E-state index is 0.345. The third kappa shape index (κ3) is 22.4. The molecule has 20 aromatic rings. The Hall–Kier alpha value is -10.7. The summed E-state index contributed by atoms with van der Waals surface area (Å²) >= 11 is 14.2. The SMILES string of the molecule is CCCCCS(=O)c1sc2nc(-c3nccs3)cc(-c3cnc(C)n3C)c2c1N.CCCCS(=O)c1sc2nc(-c3nccs3)cc(-c3cnc(C)n3C)c2c1N.CCOCCS(=O)c1sc2nc(-c3nccs3)cc(-c3cnc(C)n3C)c2c1N.COCCS(=O)c1sc2nc(-c3nc(F)cs3)cc(-c3cnc(C)n3C)c2c1N.COCCS(=O)c1sc2nc(-c3nccs3)cc(-c3cnc(C)n3C)c2c1N. The lowest BCUT2D eigenvalue weighted by molar-refractivity contribution is 0.164. The van der Waals surface area contributed by atoms with Crippen LogP contribution in [-0.2, 0) is 103 Å². The highest BCUT2D eigenvalue weighted by molar-refractivity contribution is 7.89. The fourth-order valence-electron chi connectivity index (χ4n) is 15.3. The van der Waals surface area contributed by atoms with Crippen LogP contribution in [0, 0.1) is 40.6 Å². The van der Waals surface area contributed by atoms with E-state index in [1.807, 2.05) is 176 Å². The van der Waals surface area contributed by atoms with E-state index in [1.54, 1.807) is 67.9 Å². The maximum absolute atomic E-state index is 13.5. The predicted octanol–water partition coefficient (Wildman–Crippen LogP) is 20.6. The van der Waals surface area contributed by atoms with Crippen LogP contribution in [0.25, 0.3) is 161 Å². The van der Waals surface area contributed by atoms with Gasteiger partial charge in [0.1, 0.15) is 128 Å². The van der Waals surface area contributed by atoms with Gasteiger partial charge in [-0.15, -0.1) is 113 Å². The third-order valence-electron chi connectivity index (χ3n) is 23.3. The first-order valence-corrected chi connectivity index (χ1v) is 59.8. The minimum Gasteiger partial charge on any atom is -0.396 e. The van der Waals surface area contributed by atoms with Crippen molar-refractivity contribution in [2.45, 2.75) is 109 Å². The summed E-state index contributed by atoms with van der Waals surface area (Å²) in [5.41, 5.74) is 47.9. The second-order valence-corrected chi connectivity index (χ2v) is 50.5. The van der Waals surface area contributed by atoms with E-state index in [9.17, 15) is 25.4 Å². The number of unbranched alkanes of at least 4 members (excludes halogenated alkanes) is 3. The van der Waals surface area contributed by atoms with E-state index >= 15 is 0 Å². The van der Waals surface area contributed by atoms with Crippen molar-refractivity contribution in [3.8, 4) is 110 Å². The molecule has 0 aliphatic carbocycles. The number of rotatable bonds is 32. The molecule has 748 valence electrons. The average molecular weight is 2210 g/mol. The number of aromatic nitrogens is 20. The topological polar surface area (TPSA) is 461 Å². The lowest BCUT2D eigenvalue weighted by Gasteiger charge is -2.08. The number of thiazole rings is 5. The largest absolute Gasteiger partial charge is 0.396 e. The Bertz CT molecular complexity index is 7710. The lowest BCUT2D eigenvalue weighted by Crippen LogP contribution is -2.06. The molecular formula is C94H102FN25O8S15. The van der Waals surface area contributed by atoms with Crippen LogP contribution in [0.15, 0.2) is 134 Å². The summed E-state index contributed by atoms with van der Waals surface area (Å²) in [7, 11) is 6.94. The molecule has 20 aromatic heterocycles. The summed E-state index contributed by atoms with van der Waals surface area (Å²) in [5, 5.41) is 16.9. The van der Waals surface area contributed by atoms with Crippen molar-refractivity contribution in [1.29, 1.82) is 0 Å². The van der Waals surface area contributed by atoms with E-state index in [-0.39, 0.29) is 0 Å². The van der Waals surface area contributed by atoms with E-state index in [4.69, 9.17) is 62.8 Å². The molecule has 20 rings (SSSR count). The van der Waals surface area contributed by atoms with Crippen LogP contribution < -0.4 is 28.7 Å². The highest BCUT2D eigenvalue weighted by Crippen LogP contribution is 2.50. The van der Waals surface area contributed by atoms with Gasteiger partial charge >= 0.3 is 0 Å². The van der Waals surface area contributed by atoms with Crippen LogP contribution in [0.2, 0.25) is 0 Å². The van der Waals surface area contributed by atoms with Crippen molar-refractivity contribution in [3.63, 3.8) is 0 Å². The van der Waals surface area contributed by atoms with Crippen molar-refractivity contribution < 1.29 is 39.6 Å². The van der Waals surface area contributed by atoms with Crippen molar-refractivity contribution in [2.75, 3.05) is 98.1 Å². The molecule has 5 atom stereocenters. The highest BCUT2D eigenvalue weighted by Gasteiger charge is 2.31. The first kappa shape index (κ1) is 105. The Morgan fingerprint density at radius 3 is 0.797 bits per heavy atom. The van der Waals surface area contributed by atoms with Gasteiger partial charge in [-0.1, -0.05) is 33.1 Å². The third-order valence-corrected chi connectivity index (χ3v) is 41.9. The van der Waals surface area contributed by atoms with Crippen LogP contribution in [0.1, 0.15) is 82.0 Å². The molecule has 0 bridgehead atoms. The quantitative estimate of drug-likeness (QED) is 0.0244. The maximum atomic E-state index is 13.5. The first-order chi connectivity index (χ1) is 68.9. The molecule has 0 saturated heterocycles. The molecule has 10 N–H and O–H groups in total. The normalized spacial score (nSPS) is 12.7. The number of hydrogen-bond acceptors (Lipinski definition) is 38. The summed E-state index contributed by atoms with van der Waals surface area (Å²) in [5.74, 6) is 6.31. The van der Waals surface area contributed by atoms with Crippen LogP contribution in [-0.4, -0.2) is 188 Å². The zero-order valence-electron chi connectivity index (χ0n) is 80.5. The standard InChI is InChI=1S/C20H23N5OS3.C19H21N5O2S3.C19H21N5OS3.C18H18FN5O2S3.C18H19N5O2S3/c1-4-5-6-9-29(26)20-17(21)16-13(15-11-23-12(2)25(15)3)10-14(24-19(16)28-20)18-22-7-8-27-18;1-4-26-6-8-29(25)19-16(20)15-12(14-10-22-11(2)24(14)3)9-13(23-18(15)28-19)17-21-5-7-27-17;1-4-5-8-28(25)19-16(20)15-12(14-10-22-11(2)24(14)3)9-13(23-18(15)27-19)17-21-6-7-26-17;1-9-21-7-12(24(9)2)10-6-11(16-23-13(19)8-27-16)22-17-14(10)15(20)18(28-17)29(25)5-4-26-3;1-10-21-9-13(23(10)2)11-8-12(16-20-4-6-26-16)22-17-14(11)15(19)18(27-17)28(24)7-5-25-3/h7-8,10-11H,4-6,9,21H2,1-3H3;5,7,9-10H,4,6,8,20H2,1-3H3;6-7,9-10H,4-5,8,20H2,1-3H3;6-8H,4-5,20H2,1-3H3;4,6,8-9H,5,7,19H2,1-3H3. The van der Waals surface area contributed by atoms with Gasteiger partial charge in [-0.2, -0.15) is 4.39 Å². The second-order valence-electron chi connectivity index (χ2n) is 32.3. The zero-order chi connectivity index (χ0) is 101. The van der Waals surface area contributed by atoms with Crippen LogP contribution in [0.4, 0.5) is 32.8 Å². The number of methoxy groups -OCH3 is 2. The molecule has 0 aromatic carbocycles. The number of aryl methyl sites for hydroxylation is 5. The number of pyridine rings is 5. The Labute approximate surface area is 875 Å². The van der Waals surface area contributed by atoms with Crippen LogP contribution in [0.3, 0.4) is 0 Å². The monoisotopic (exact) mass is 2210 g/mol. The molecule has 0 aliphatic heterocycles. The van der Waals surface area contributed by atoms with Gasteiger partial charge in [-0.3, -0.25) is 21.0 Å². The van der Waals surface area contributed by atoms with Gasteiger partial charge in [0.25, 0.3) is 0 Å². The summed E-state index contributed by atoms with van der Waals surface area (Å²) in [6.45, 7) is 17.7. The van der Waals surface area contributed by atoms with Crippen molar-refractivity contribution in [2.24, 2.45) is 35.2 Å². The molecule has 0 aliphatic rings. The number of nitrogen functional groups attached to an aromatic ring is 5. The number of imidazole rings is 5. The van der Waals surface area contributed by atoms with Crippen molar-refractivity contribution >= 4 is 247 Å². The van der Waals surface area contributed by atoms with E-state index in [0.717, 1.165) is 211 Å². The molecular weight excluding hydrogens is 2110 g/mol. The Kier molecular flexibility index (Phi) is 34.4. The van der Waals surface area contributed by atoms with E-state index in [0.29, 0.717) is 116 Å².